The number of benzene rings is 1. The van der Waals surface area contributed by atoms with Gasteiger partial charge in [-0.25, -0.2) is 9.37 Å². The van der Waals surface area contributed by atoms with Crippen LogP contribution in [0.2, 0.25) is 0 Å². The van der Waals surface area contributed by atoms with Crippen molar-refractivity contribution >= 4 is 17.2 Å². The second-order valence-corrected chi connectivity index (χ2v) is 7.05. The Balaban J connectivity index is 1.86. The van der Waals surface area contributed by atoms with E-state index in [4.69, 9.17) is 10.5 Å². The van der Waals surface area contributed by atoms with Gasteiger partial charge in [0.2, 0.25) is 0 Å². The van der Waals surface area contributed by atoms with Crippen LogP contribution in [-0.2, 0) is 6.54 Å². The molecular weight excluding hydrogens is 317 g/mol. The number of fused-ring (bicyclic) bond motifs is 1. The summed E-state index contributed by atoms with van der Waals surface area (Å²) >= 11 is 1.36. The molecule has 0 aliphatic carbocycles. The van der Waals surface area contributed by atoms with Gasteiger partial charge in [-0.3, -0.25) is 4.79 Å². The number of amides is 1. The second kappa shape index (κ2) is 5.90. The van der Waals surface area contributed by atoms with E-state index in [2.05, 4.69) is 10.3 Å². The van der Waals surface area contributed by atoms with Gasteiger partial charge < -0.3 is 15.8 Å². The molecular formula is C16H18FN3O2S. The molecule has 1 amide bonds. The van der Waals surface area contributed by atoms with Crippen molar-refractivity contribution in [2.24, 2.45) is 5.73 Å². The van der Waals surface area contributed by atoms with Gasteiger partial charge in [0, 0.05) is 30.0 Å². The van der Waals surface area contributed by atoms with E-state index in [9.17, 15) is 9.18 Å². The predicted octanol–water partition coefficient (Wildman–Crippen LogP) is 2.77. The number of hydrogen-bond acceptors (Lipinski definition) is 5. The summed E-state index contributed by atoms with van der Waals surface area (Å²) in [5.74, 6) is -0.162. The Morgan fingerprint density at radius 2 is 2.35 bits per heavy atom. The third-order valence-electron chi connectivity index (χ3n) is 3.70. The number of halogens is 1. The lowest BCUT2D eigenvalue weighted by Crippen LogP contribution is -2.41. The molecule has 3 N–H and O–H groups in total. The Kier molecular flexibility index (Phi) is 4.08. The van der Waals surface area contributed by atoms with Crippen molar-refractivity contribution in [2.45, 2.75) is 38.5 Å². The summed E-state index contributed by atoms with van der Waals surface area (Å²) in [6, 6.07) is 4.11. The standard InChI is InChI=1S/C16H18FN3O2S/c1-16(2)6-11(10-4-3-9(17)5-13(10)22-16)20-15(21)12-8-23-14(7-18)19-12/h3-5,8,11H,6-7,18H2,1-2H3,(H,20,21). The largest absolute Gasteiger partial charge is 0.487 e. The minimum atomic E-state index is -0.497. The van der Waals surface area contributed by atoms with Crippen molar-refractivity contribution in [1.82, 2.24) is 10.3 Å². The molecule has 7 heteroatoms. The molecule has 1 aliphatic heterocycles. The number of thiazole rings is 1. The smallest absolute Gasteiger partial charge is 0.271 e. The number of aromatic nitrogens is 1. The fourth-order valence-corrected chi connectivity index (χ4v) is 3.35. The summed E-state index contributed by atoms with van der Waals surface area (Å²) in [4.78, 5) is 16.6. The SMILES string of the molecule is CC1(C)CC(NC(=O)c2csc(CN)n2)c2ccc(F)cc2O1. The molecule has 0 spiro atoms. The predicted molar refractivity (Wildman–Crippen MR) is 85.9 cm³/mol. The van der Waals surface area contributed by atoms with Crippen molar-refractivity contribution in [3.05, 3.63) is 45.7 Å². The van der Waals surface area contributed by atoms with Gasteiger partial charge in [-0.15, -0.1) is 11.3 Å². The monoisotopic (exact) mass is 335 g/mol. The van der Waals surface area contributed by atoms with Crippen LogP contribution in [0.1, 0.15) is 47.4 Å². The summed E-state index contributed by atoms with van der Waals surface area (Å²) in [5, 5.41) is 5.37. The minimum absolute atomic E-state index is 0.259. The van der Waals surface area contributed by atoms with E-state index in [0.717, 1.165) is 5.56 Å². The van der Waals surface area contributed by atoms with Crippen molar-refractivity contribution in [1.29, 1.82) is 0 Å². The van der Waals surface area contributed by atoms with Gasteiger partial charge in [-0.1, -0.05) is 6.07 Å². The van der Waals surface area contributed by atoms with E-state index in [1.165, 1.54) is 23.5 Å². The van der Waals surface area contributed by atoms with E-state index >= 15 is 0 Å². The summed E-state index contributed by atoms with van der Waals surface area (Å²) in [6.07, 6.45) is 0.589. The Morgan fingerprint density at radius 1 is 1.57 bits per heavy atom. The highest BCUT2D eigenvalue weighted by Crippen LogP contribution is 2.39. The van der Waals surface area contributed by atoms with Gasteiger partial charge in [0.15, 0.2) is 0 Å². The van der Waals surface area contributed by atoms with E-state index in [0.29, 0.717) is 29.4 Å². The highest BCUT2D eigenvalue weighted by molar-refractivity contribution is 7.09. The molecule has 1 unspecified atom stereocenters. The first-order valence-corrected chi connectivity index (χ1v) is 8.20. The zero-order valence-electron chi connectivity index (χ0n) is 12.9. The van der Waals surface area contributed by atoms with Crippen LogP contribution >= 0.6 is 11.3 Å². The molecule has 1 aliphatic rings. The number of ether oxygens (including phenoxy) is 1. The molecule has 1 atom stereocenters. The molecule has 5 nitrogen and oxygen atoms in total. The lowest BCUT2D eigenvalue weighted by molar-refractivity contribution is 0.0615. The molecule has 0 radical (unpaired) electrons. The van der Waals surface area contributed by atoms with Gasteiger partial charge in [-0.2, -0.15) is 0 Å². The Bertz CT molecular complexity index is 745. The zero-order valence-corrected chi connectivity index (χ0v) is 13.7. The Morgan fingerprint density at radius 3 is 3.04 bits per heavy atom. The number of nitrogens with one attached hydrogen (secondary N) is 1. The van der Waals surface area contributed by atoms with Crippen molar-refractivity contribution in [2.75, 3.05) is 0 Å². The summed E-state index contributed by atoms with van der Waals surface area (Å²) in [5.41, 5.74) is 6.15. The van der Waals surface area contributed by atoms with Crippen molar-refractivity contribution in [3.8, 4) is 5.75 Å². The van der Waals surface area contributed by atoms with Crippen LogP contribution in [0.3, 0.4) is 0 Å². The van der Waals surface area contributed by atoms with Gasteiger partial charge >= 0.3 is 0 Å². The first kappa shape index (κ1) is 15.9. The molecule has 0 saturated carbocycles. The fourth-order valence-electron chi connectivity index (χ4n) is 2.70. The van der Waals surface area contributed by atoms with Gasteiger partial charge in [0.1, 0.15) is 27.9 Å². The van der Waals surface area contributed by atoms with Crippen LogP contribution in [0.15, 0.2) is 23.6 Å². The van der Waals surface area contributed by atoms with Crippen molar-refractivity contribution < 1.29 is 13.9 Å². The molecule has 1 aromatic heterocycles. The Labute approximate surface area is 137 Å². The van der Waals surface area contributed by atoms with E-state index in [-0.39, 0.29) is 17.8 Å². The molecule has 122 valence electrons. The maximum Gasteiger partial charge on any atom is 0.271 e. The number of carbonyl (C=O) groups excluding carboxylic acids is 1. The zero-order chi connectivity index (χ0) is 16.6. The lowest BCUT2D eigenvalue weighted by atomic mass is 9.89. The third-order valence-corrected chi connectivity index (χ3v) is 4.57. The molecule has 0 saturated heterocycles. The van der Waals surface area contributed by atoms with Crippen LogP contribution in [0.4, 0.5) is 4.39 Å². The van der Waals surface area contributed by atoms with Crippen molar-refractivity contribution in [3.63, 3.8) is 0 Å². The summed E-state index contributed by atoms with van der Waals surface area (Å²) < 4.78 is 19.3. The van der Waals surface area contributed by atoms with E-state index < -0.39 is 5.60 Å². The van der Waals surface area contributed by atoms with Crippen LogP contribution in [0.5, 0.6) is 5.75 Å². The molecule has 0 fully saturated rings. The normalized spacial score (nSPS) is 18.9. The van der Waals surface area contributed by atoms with Gasteiger partial charge in [0.25, 0.3) is 5.91 Å². The van der Waals surface area contributed by atoms with Gasteiger partial charge in [-0.05, 0) is 19.9 Å². The average molecular weight is 335 g/mol. The maximum atomic E-state index is 13.5. The van der Waals surface area contributed by atoms with Crippen LogP contribution in [0.25, 0.3) is 0 Å². The van der Waals surface area contributed by atoms with Crippen LogP contribution in [0, 0.1) is 5.82 Å². The molecule has 3 rings (SSSR count). The molecule has 0 bridgehead atoms. The highest BCUT2D eigenvalue weighted by atomic mass is 32.1. The third kappa shape index (κ3) is 3.35. The highest BCUT2D eigenvalue weighted by Gasteiger charge is 2.35. The summed E-state index contributed by atoms with van der Waals surface area (Å²) in [7, 11) is 0. The quantitative estimate of drug-likeness (QED) is 0.904. The number of carbonyl (C=O) groups is 1. The Hall–Kier alpha value is -1.99. The van der Waals surface area contributed by atoms with E-state index in [1.807, 2.05) is 13.8 Å². The number of nitrogens with two attached hydrogens (primary N) is 1. The number of rotatable bonds is 3. The molecule has 2 heterocycles. The van der Waals surface area contributed by atoms with Crippen LogP contribution < -0.4 is 15.8 Å². The minimum Gasteiger partial charge on any atom is -0.487 e. The first-order valence-electron chi connectivity index (χ1n) is 7.32. The first-order chi connectivity index (χ1) is 10.9. The lowest BCUT2D eigenvalue weighted by Gasteiger charge is -2.37. The fraction of sp³-hybridized carbons (Fsp3) is 0.375. The van der Waals surface area contributed by atoms with Gasteiger partial charge in [0.05, 0.1) is 6.04 Å². The molecule has 2 aromatic rings. The summed E-state index contributed by atoms with van der Waals surface area (Å²) in [6.45, 7) is 4.13. The average Bonchev–Trinajstić information content (AvgIpc) is 2.94. The number of hydrogen-bond donors (Lipinski definition) is 2. The topological polar surface area (TPSA) is 77.2 Å². The van der Waals surface area contributed by atoms with E-state index in [1.54, 1.807) is 11.4 Å². The van der Waals surface area contributed by atoms with Crippen LogP contribution in [-0.4, -0.2) is 16.5 Å². The second-order valence-electron chi connectivity index (χ2n) is 6.10. The molecule has 1 aromatic carbocycles. The number of nitrogens with zero attached hydrogens (tertiary/aromatic N) is 1. The molecule has 23 heavy (non-hydrogen) atoms. The maximum absolute atomic E-state index is 13.5.